The lowest BCUT2D eigenvalue weighted by molar-refractivity contribution is -0.138. The third kappa shape index (κ3) is 2.44. The lowest BCUT2D eigenvalue weighted by Crippen LogP contribution is -2.38. The highest BCUT2D eigenvalue weighted by molar-refractivity contribution is 6.00. The van der Waals surface area contributed by atoms with Crippen LogP contribution in [0, 0.1) is 13.8 Å². The molecule has 1 amide bonds. The van der Waals surface area contributed by atoms with Crippen molar-refractivity contribution in [1.29, 1.82) is 0 Å². The van der Waals surface area contributed by atoms with Gasteiger partial charge in [-0.1, -0.05) is 0 Å². The van der Waals surface area contributed by atoms with Gasteiger partial charge < -0.3 is 20.8 Å². The molecule has 1 aliphatic rings. The Balaban J connectivity index is 2.56. The minimum Gasteiger partial charge on any atom is -0.480 e. The smallest absolute Gasteiger partial charge is 0.326 e. The van der Waals surface area contributed by atoms with E-state index >= 15 is 0 Å². The van der Waals surface area contributed by atoms with Crippen molar-refractivity contribution in [3.05, 3.63) is 22.9 Å². The lowest BCUT2D eigenvalue weighted by Gasteiger charge is -2.25. The number of amides is 1. The molecule has 0 bridgehead atoms. The van der Waals surface area contributed by atoms with Crippen molar-refractivity contribution in [2.45, 2.75) is 32.4 Å². The molecule has 1 saturated heterocycles. The Bertz CT molecular complexity index is 573. The molecule has 0 aliphatic carbocycles. The fourth-order valence-electron chi connectivity index (χ4n) is 2.61. The van der Waals surface area contributed by atoms with Gasteiger partial charge in [-0.05, 0) is 25.5 Å². The number of carboxylic acids is 1. The van der Waals surface area contributed by atoms with Crippen LogP contribution in [0.3, 0.4) is 0 Å². The largest absolute Gasteiger partial charge is 0.480 e. The van der Waals surface area contributed by atoms with Gasteiger partial charge in [0.15, 0.2) is 0 Å². The Morgan fingerprint density at radius 3 is 2.65 bits per heavy atom. The maximum atomic E-state index is 11.6. The molecule has 0 saturated carbocycles. The Morgan fingerprint density at radius 1 is 1.45 bits per heavy atom. The summed E-state index contributed by atoms with van der Waals surface area (Å²) in [6, 6.07) is 0.808. The topological polar surface area (TPSA) is 117 Å². The molecule has 2 heterocycles. The number of primary amides is 1. The van der Waals surface area contributed by atoms with Gasteiger partial charge in [-0.15, -0.1) is 0 Å². The Hall–Kier alpha value is -2.15. The van der Waals surface area contributed by atoms with E-state index in [0.29, 0.717) is 11.3 Å². The molecule has 2 atom stereocenters. The molecule has 7 heteroatoms. The number of carbonyl (C=O) groups is 2. The van der Waals surface area contributed by atoms with Crippen LogP contribution in [0.15, 0.2) is 6.07 Å². The molecular weight excluding hydrogens is 262 g/mol. The second-order valence-electron chi connectivity index (χ2n) is 5.04. The first-order chi connectivity index (χ1) is 9.31. The van der Waals surface area contributed by atoms with Crippen molar-refractivity contribution in [3.63, 3.8) is 0 Å². The molecule has 2 rings (SSSR count). The second-order valence-corrected chi connectivity index (χ2v) is 5.04. The zero-order valence-electron chi connectivity index (χ0n) is 11.3. The van der Waals surface area contributed by atoms with Gasteiger partial charge in [0.05, 0.1) is 11.7 Å². The van der Waals surface area contributed by atoms with E-state index < -0.39 is 24.0 Å². The average molecular weight is 279 g/mol. The van der Waals surface area contributed by atoms with E-state index in [1.54, 1.807) is 19.9 Å². The van der Waals surface area contributed by atoms with Crippen molar-refractivity contribution in [2.75, 3.05) is 11.4 Å². The SMILES string of the molecule is Cc1cc(C)c(C(N)=O)c(N2CC(O)CC2C(=O)O)n1. The Morgan fingerprint density at radius 2 is 2.10 bits per heavy atom. The molecule has 1 aromatic heterocycles. The molecule has 1 fully saturated rings. The highest BCUT2D eigenvalue weighted by Gasteiger charge is 2.38. The van der Waals surface area contributed by atoms with Crippen LogP contribution >= 0.6 is 0 Å². The first-order valence-corrected chi connectivity index (χ1v) is 6.26. The van der Waals surface area contributed by atoms with Crippen molar-refractivity contribution in [2.24, 2.45) is 5.73 Å². The number of aromatic nitrogens is 1. The number of anilines is 1. The molecule has 4 N–H and O–H groups in total. The van der Waals surface area contributed by atoms with Gasteiger partial charge >= 0.3 is 5.97 Å². The van der Waals surface area contributed by atoms with Crippen LogP contribution in [0.5, 0.6) is 0 Å². The number of pyridine rings is 1. The van der Waals surface area contributed by atoms with Crippen molar-refractivity contribution in [3.8, 4) is 0 Å². The number of aliphatic carboxylic acids is 1. The maximum Gasteiger partial charge on any atom is 0.326 e. The van der Waals surface area contributed by atoms with Gasteiger partial charge in [0.1, 0.15) is 11.9 Å². The van der Waals surface area contributed by atoms with Gasteiger partial charge in [-0.3, -0.25) is 4.79 Å². The second kappa shape index (κ2) is 5.09. The predicted molar refractivity (Wildman–Crippen MR) is 71.6 cm³/mol. The predicted octanol–water partition coefficient (Wildman–Crippen LogP) is -0.178. The maximum absolute atomic E-state index is 11.6. The van der Waals surface area contributed by atoms with E-state index in [4.69, 9.17) is 5.73 Å². The van der Waals surface area contributed by atoms with Gasteiger partial charge in [0, 0.05) is 18.7 Å². The summed E-state index contributed by atoms with van der Waals surface area (Å²) in [5.74, 6) is -1.48. The number of hydrogen-bond donors (Lipinski definition) is 3. The van der Waals surface area contributed by atoms with Crippen LogP contribution in [0.4, 0.5) is 5.82 Å². The Labute approximate surface area is 116 Å². The van der Waals surface area contributed by atoms with Crippen molar-refractivity contribution < 1.29 is 19.8 Å². The van der Waals surface area contributed by atoms with Gasteiger partial charge in [0.2, 0.25) is 0 Å². The van der Waals surface area contributed by atoms with Gasteiger partial charge in [-0.25, -0.2) is 9.78 Å². The van der Waals surface area contributed by atoms with Crippen LogP contribution in [0.1, 0.15) is 28.0 Å². The van der Waals surface area contributed by atoms with Crippen LogP contribution in [-0.4, -0.2) is 45.8 Å². The summed E-state index contributed by atoms with van der Waals surface area (Å²) >= 11 is 0. The molecule has 7 nitrogen and oxygen atoms in total. The number of carboxylic acid groups (broad SMARTS) is 1. The van der Waals surface area contributed by atoms with Crippen LogP contribution < -0.4 is 10.6 Å². The van der Waals surface area contributed by atoms with E-state index in [9.17, 15) is 19.8 Å². The molecule has 108 valence electrons. The summed E-state index contributed by atoms with van der Waals surface area (Å²) < 4.78 is 0. The summed E-state index contributed by atoms with van der Waals surface area (Å²) in [7, 11) is 0. The minimum absolute atomic E-state index is 0.0994. The Kier molecular flexibility index (Phi) is 3.63. The highest BCUT2D eigenvalue weighted by Crippen LogP contribution is 2.29. The normalized spacial score (nSPS) is 22.1. The minimum atomic E-state index is -1.06. The number of nitrogens with zero attached hydrogens (tertiary/aromatic N) is 2. The molecule has 2 unspecified atom stereocenters. The molecule has 0 radical (unpaired) electrons. The summed E-state index contributed by atoms with van der Waals surface area (Å²) in [5.41, 5.74) is 6.88. The quantitative estimate of drug-likeness (QED) is 0.706. The zero-order valence-corrected chi connectivity index (χ0v) is 11.3. The number of nitrogens with two attached hydrogens (primary N) is 1. The standard InChI is InChI=1S/C13H17N3O4/c1-6-3-7(2)15-12(10(6)11(14)18)16-5-8(17)4-9(16)13(19)20/h3,8-9,17H,4-5H2,1-2H3,(H2,14,18)(H,19,20). The number of rotatable bonds is 3. The molecule has 1 aromatic rings. The number of hydrogen-bond acceptors (Lipinski definition) is 5. The van der Waals surface area contributed by atoms with Crippen molar-refractivity contribution in [1.82, 2.24) is 4.98 Å². The molecular formula is C13H17N3O4. The summed E-state index contributed by atoms with van der Waals surface area (Å²) in [6.45, 7) is 3.59. The van der Waals surface area contributed by atoms with E-state index in [1.807, 2.05) is 0 Å². The fraction of sp³-hybridized carbons (Fsp3) is 0.462. The van der Waals surface area contributed by atoms with Gasteiger partial charge in [0.25, 0.3) is 5.91 Å². The third-order valence-corrected chi connectivity index (χ3v) is 3.41. The van der Waals surface area contributed by atoms with Crippen LogP contribution in [0.25, 0.3) is 0 Å². The van der Waals surface area contributed by atoms with E-state index in [-0.39, 0.29) is 24.3 Å². The number of aliphatic hydroxyl groups is 1. The first-order valence-electron chi connectivity index (χ1n) is 6.26. The molecule has 0 aromatic carbocycles. The molecule has 1 aliphatic heterocycles. The molecule has 0 spiro atoms. The number of aryl methyl sites for hydroxylation is 2. The lowest BCUT2D eigenvalue weighted by atomic mass is 10.1. The third-order valence-electron chi connectivity index (χ3n) is 3.41. The van der Waals surface area contributed by atoms with E-state index in [1.165, 1.54) is 4.90 Å². The highest BCUT2D eigenvalue weighted by atomic mass is 16.4. The van der Waals surface area contributed by atoms with Gasteiger partial charge in [-0.2, -0.15) is 0 Å². The number of aliphatic hydroxyl groups excluding tert-OH is 1. The number of carbonyl (C=O) groups excluding carboxylic acids is 1. The zero-order chi connectivity index (χ0) is 15.0. The fourth-order valence-corrected chi connectivity index (χ4v) is 2.61. The van der Waals surface area contributed by atoms with E-state index in [2.05, 4.69) is 4.98 Å². The summed E-state index contributed by atoms with van der Waals surface area (Å²) in [4.78, 5) is 28.6. The average Bonchev–Trinajstić information content (AvgIpc) is 2.69. The first kappa shape index (κ1) is 14.3. The van der Waals surface area contributed by atoms with E-state index in [0.717, 1.165) is 0 Å². The number of β-amino-alcohol motifs (C(OH)–C–C–N with tert-alkyl or cyclic N) is 1. The summed E-state index contributed by atoms with van der Waals surface area (Å²) in [6.07, 6.45) is -0.665. The van der Waals surface area contributed by atoms with Crippen LogP contribution in [0.2, 0.25) is 0 Å². The monoisotopic (exact) mass is 279 g/mol. The van der Waals surface area contributed by atoms with Crippen molar-refractivity contribution >= 4 is 17.7 Å². The summed E-state index contributed by atoms with van der Waals surface area (Å²) in [5, 5.41) is 18.9. The van der Waals surface area contributed by atoms with Crippen LogP contribution in [-0.2, 0) is 4.79 Å². The molecule has 20 heavy (non-hydrogen) atoms.